The standard InChI is InChI=1S/C8H17N3S/c1-3-10-4-6-11(7-5-10)8(12)9-2/h3-7H2,1-2H3,(H,9,12)/p+1. The summed E-state index contributed by atoms with van der Waals surface area (Å²) in [6, 6.07) is 0. The van der Waals surface area contributed by atoms with Crippen molar-refractivity contribution in [3.63, 3.8) is 0 Å². The molecule has 0 spiro atoms. The molecule has 1 aliphatic heterocycles. The Morgan fingerprint density at radius 1 is 1.50 bits per heavy atom. The topological polar surface area (TPSA) is 19.7 Å². The summed E-state index contributed by atoms with van der Waals surface area (Å²) in [5, 5.41) is 3.91. The van der Waals surface area contributed by atoms with Gasteiger partial charge < -0.3 is 15.1 Å². The molecule has 0 amide bonds. The van der Waals surface area contributed by atoms with Crippen molar-refractivity contribution in [3.8, 4) is 0 Å². The molecule has 3 nitrogen and oxygen atoms in total. The molecule has 1 saturated heterocycles. The lowest BCUT2D eigenvalue weighted by Crippen LogP contribution is -3.14. The van der Waals surface area contributed by atoms with Crippen LogP contribution in [0.25, 0.3) is 0 Å². The Bertz CT molecular complexity index is 152. The van der Waals surface area contributed by atoms with Gasteiger partial charge in [-0.25, -0.2) is 0 Å². The van der Waals surface area contributed by atoms with Gasteiger partial charge in [0.05, 0.1) is 32.7 Å². The number of hydrogen-bond donors (Lipinski definition) is 2. The van der Waals surface area contributed by atoms with E-state index in [4.69, 9.17) is 12.2 Å². The Kier molecular flexibility index (Phi) is 3.75. The third-order valence-corrected chi connectivity index (χ3v) is 2.93. The average Bonchev–Trinajstić information content (AvgIpc) is 2.17. The Labute approximate surface area is 79.7 Å². The monoisotopic (exact) mass is 188 g/mol. The number of thiocarbonyl (C=S) groups is 1. The number of rotatable bonds is 1. The highest BCUT2D eigenvalue weighted by atomic mass is 32.1. The summed E-state index contributed by atoms with van der Waals surface area (Å²) < 4.78 is 0. The van der Waals surface area contributed by atoms with Gasteiger partial charge >= 0.3 is 0 Å². The van der Waals surface area contributed by atoms with Gasteiger partial charge in [0.1, 0.15) is 0 Å². The molecule has 0 bridgehead atoms. The van der Waals surface area contributed by atoms with E-state index in [1.807, 2.05) is 7.05 Å². The van der Waals surface area contributed by atoms with E-state index in [-0.39, 0.29) is 0 Å². The summed E-state index contributed by atoms with van der Waals surface area (Å²) in [6.07, 6.45) is 0. The van der Waals surface area contributed by atoms with Crippen LogP contribution in [0.3, 0.4) is 0 Å². The number of nitrogens with one attached hydrogen (secondary N) is 2. The molecule has 0 unspecified atom stereocenters. The van der Waals surface area contributed by atoms with Crippen molar-refractivity contribution < 1.29 is 4.90 Å². The number of likely N-dealkylation sites (N-methyl/N-ethyl adjacent to an activating group) is 1. The Balaban J connectivity index is 2.30. The fraction of sp³-hybridized carbons (Fsp3) is 0.875. The minimum absolute atomic E-state index is 0.894. The molecule has 70 valence electrons. The maximum atomic E-state index is 5.16. The van der Waals surface area contributed by atoms with Gasteiger partial charge in [-0.3, -0.25) is 0 Å². The lowest BCUT2D eigenvalue weighted by Gasteiger charge is -2.32. The van der Waals surface area contributed by atoms with E-state index < -0.39 is 0 Å². The van der Waals surface area contributed by atoms with Crippen LogP contribution in [0.2, 0.25) is 0 Å². The Morgan fingerprint density at radius 2 is 2.08 bits per heavy atom. The predicted molar refractivity (Wildman–Crippen MR) is 54.5 cm³/mol. The number of quaternary nitrogens is 1. The first-order valence-electron chi connectivity index (χ1n) is 4.58. The summed E-state index contributed by atoms with van der Waals surface area (Å²) in [5.74, 6) is 0. The fourth-order valence-corrected chi connectivity index (χ4v) is 1.72. The second-order valence-electron chi connectivity index (χ2n) is 3.15. The van der Waals surface area contributed by atoms with Crippen LogP contribution >= 0.6 is 12.2 Å². The summed E-state index contributed by atoms with van der Waals surface area (Å²) in [4.78, 5) is 3.93. The highest BCUT2D eigenvalue weighted by Crippen LogP contribution is 1.89. The molecule has 1 rings (SSSR count). The smallest absolute Gasteiger partial charge is 0.169 e. The van der Waals surface area contributed by atoms with Crippen molar-refractivity contribution >= 4 is 17.3 Å². The average molecular weight is 188 g/mol. The van der Waals surface area contributed by atoms with Crippen molar-refractivity contribution in [1.82, 2.24) is 10.2 Å². The van der Waals surface area contributed by atoms with Crippen molar-refractivity contribution in [2.24, 2.45) is 0 Å². The fourth-order valence-electron chi connectivity index (χ4n) is 1.54. The molecule has 0 atom stereocenters. The quantitative estimate of drug-likeness (QED) is 0.500. The van der Waals surface area contributed by atoms with Gasteiger partial charge in [-0.15, -0.1) is 0 Å². The van der Waals surface area contributed by atoms with Crippen LogP contribution in [0.15, 0.2) is 0 Å². The zero-order chi connectivity index (χ0) is 8.97. The minimum atomic E-state index is 0.894. The third kappa shape index (κ3) is 2.32. The maximum absolute atomic E-state index is 5.16. The van der Waals surface area contributed by atoms with Gasteiger partial charge in [0, 0.05) is 7.05 Å². The molecule has 0 aromatic heterocycles. The van der Waals surface area contributed by atoms with Crippen molar-refractivity contribution in [2.45, 2.75) is 6.92 Å². The largest absolute Gasteiger partial charge is 0.366 e. The molecular formula is C8H18N3S+. The Morgan fingerprint density at radius 3 is 2.50 bits per heavy atom. The highest BCUT2D eigenvalue weighted by Gasteiger charge is 2.19. The van der Waals surface area contributed by atoms with Crippen LogP contribution in [0.4, 0.5) is 0 Å². The van der Waals surface area contributed by atoms with Crippen molar-refractivity contribution in [2.75, 3.05) is 39.8 Å². The minimum Gasteiger partial charge on any atom is -0.366 e. The predicted octanol–water partition coefficient (Wildman–Crippen LogP) is -1.29. The molecule has 0 saturated carbocycles. The zero-order valence-electron chi connectivity index (χ0n) is 7.89. The molecule has 0 aromatic carbocycles. The first kappa shape index (κ1) is 9.74. The normalized spacial score (nSPS) is 19.3. The van der Waals surface area contributed by atoms with E-state index in [0.29, 0.717) is 0 Å². The van der Waals surface area contributed by atoms with E-state index in [1.54, 1.807) is 4.90 Å². The third-order valence-electron chi connectivity index (χ3n) is 2.47. The van der Waals surface area contributed by atoms with Crippen molar-refractivity contribution in [1.29, 1.82) is 0 Å². The van der Waals surface area contributed by atoms with Crippen LogP contribution in [-0.4, -0.2) is 49.8 Å². The Hall–Kier alpha value is -0.350. The van der Waals surface area contributed by atoms with Gasteiger partial charge in [0.15, 0.2) is 5.11 Å². The first-order valence-corrected chi connectivity index (χ1v) is 4.99. The number of nitrogens with zero attached hydrogens (tertiary/aromatic N) is 1. The first-order chi connectivity index (χ1) is 5.77. The molecule has 0 aromatic rings. The van der Waals surface area contributed by atoms with E-state index in [9.17, 15) is 0 Å². The van der Waals surface area contributed by atoms with E-state index >= 15 is 0 Å². The second kappa shape index (κ2) is 4.62. The molecule has 1 heterocycles. The van der Waals surface area contributed by atoms with Crippen LogP contribution in [0, 0.1) is 0 Å². The number of hydrogen-bond acceptors (Lipinski definition) is 1. The SMILES string of the molecule is CC[NH+]1CCN(C(=S)NC)CC1. The lowest BCUT2D eigenvalue weighted by molar-refractivity contribution is -0.902. The van der Waals surface area contributed by atoms with Gasteiger partial charge in [-0.05, 0) is 19.1 Å². The van der Waals surface area contributed by atoms with E-state index in [0.717, 1.165) is 18.2 Å². The molecule has 12 heavy (non-hydrogen) atoms. The van der Waals surface area contributed by atoms with Crippen LogP contribution in [0.5, 0.6) is 0 Å². The number of piperazine rings is 1. The molecule has 0 aliphatic carbocycles. The summed E-state index contributed by atoms with van der Waals surface area (Å²) in [5.41, 5.74) is 0. The molecule has 1 fully saturated rings. The van der Waals surface area contributed by atoms with Gasteiger partial charge in [0.2, 0.25) is 0 Å². The molecule has 2 N–H and O–H groups in total. The van der Waals surface area contributed by atoms with Crippen LogP contribution in [0.1, 0.15) is 6.92 Å². The van der Waals surface area contributed by atoms with Gasteiger partial charge in [-0.1, -0.05) is 0 Å². The van der Waals surface area contributed by atoms with Gasteiger partial charge in [0.25, 0.3) is 0 Å². The highest BCUT2D eigenvalue weighted by molar-refractivity contribution is 7.80. The van der Waals surface area contributed by atoms with E-state index in [2.05, 4.69) is 17.1 Å². The molecular weight excluding hydrogens is 170 g/mol. The van der Waals surface area contributed by atoms with Crippen LogP contribution < -0.4 is 10.2 Å². The summed E-state index contributed by atoms with van der Waals surface area (Å²) in [7, 11) is 1.89. The molecule has 1 aliphatic rings. The van der Waals surface area contributed by atoms with E-state index in [1.165, 1.54) is 19.6 Å². The van der Waals surface area contributed by atoms with Gasteiger partial charge in [-0.2, -0.15) is 0 Å². The van der Waals surface area contributed by atoms with Crippen molar-refractivity contribution in [3.05, 3.63) is 0 Å². The zero-order valence-corrected chi connectivity index (χ0v) is 8.71. The summed E-state index contributed by atoms with van der Waals surface area (Å²) >= 11 is 5.16. The molecule has 4 heteroatoms. The summed E-state index contributed by atoms with van der Waals surface area (Å²) in [6.45, 7) is 8.11. The second-order valence-corrected chi connectivity index (χ2v) is 3.53. The lowest BCUT2D eigenvalue weighted by atomic mass is 10.3. The maximum Gasteiger partial charge on any atom is 0.169 e. The van der Waals surface area contributed by atoms with Crippen LogP contribution in [-0.2, 0) is 0 Å². The molecule has 0 radical (unpaired) electrons.